The normalized spacial score (nSPS) is 9.91. The number of nitrogens with one attached hydrogen (secondary N) is 1. The maximum atomic E-state index is 11.7. The summed E-state index contributed by atoms with van der Waals surface area (Å²) < 4.78 is 4.56. The van der Waals surface area contributed by atoms with Crippen LogP contribution in [0.4, 0.5) is 26.7 Å². The fourth-order valence-corrected chi connectivity index (χ4v) is 2.05. The first-order valence-corrected chi connectivity index (χ1v) is 6.56. The third kappa shape index (κ3) is 3.35. The summed E-state index contributed by atoms with van der Waals surface area (Å²) in [4.78, 5) is 24.2. The summed E-state index contributed by atoms with van der Waals surface area (Å²) in [5.41, 5.74) is 2.11. The number of ether oxygens (including phenoxy) is 1. The molecule has 22 heavy (non-hydrogen) atoms. The number of anilines is 3. The molecule has 0 aromatic heterocycles. The summed E-state index contributed by atoms with van der Waals surface area (Å²) in [5, 5.41) is 12.1. The van der Waals surface area contributed by atoms with Crippen molar-refractivity contribution in [2.24, 2.45) is 0 Å². The summed E-state index contributed by atoms with van der Waals surface area (Å²) in [6.07, 6.45) is -1.81. The molecule has 0 aliphatic rings. The minimum absolute atomic E-state index is 0.339. The molecule has 2 aromatic carbocycles. The van der Waals surface area contributed by atoms with E-state index in [2.05, 4.69) is 10.1 Å². The second kappa shape index (κ2) is 6.62. The number of nitrogens with zero attached hydrogens (tertiary/aromatic N) is 1. The van der Waals surface area contributed by atoms with Gasteiger partial charge in [-0.2, -0.15) is 0 Å². The van der Waals surface area contributed by atoms with Crippen LogP contribution in [-0.4, -0.2) is 24.4 Å². The van der Waals surface area contributed by atoms with Crippen molar-refractivity contribution in [3.05, 3.63) is 54.1 Å². The Balaban J connectivity index is 2.50. The van der Waals surface area contributed by atoms with Crippen LogP contribution in [0.1, 0.15) is 5.56 Å². The standard InChI is InChI=1S/C16H16N2O4/c1-11-6-5-7-12(10-11)18(16(20)21)14-9-4-3-8-13(14)17-15(19)22-2/h3-10H,1-2H3,(H,17,19)(H,20,21). The van der Waals surface area contributed by atoms with Gasteiger partial charge in [-0.15, -0.1) is 0 Å². The number of carbonyl (C=O) groups is 2. The molecule has 114 valence electrons. The Morgan fingerprint density at radius 2 is 1.86 bits per heavy atom. The molecule has 2 rings (SSSR count). The predicted octanol–water partition coefficient (Wildman–Crippen LogP) is 3.99. The van der Waals surface area contributed by atoms with Gasteiger partial charge in [0.05, 0.1) is 24.2 Å². The van der Waals surface area contributed by atoms with Crippen molar-refractivity contribution < 1.29 is 19.4 Å². The van der Waals surface area contributed by atoms with Crippen molar-refractivity contribution in [1.82, 2.24) is 0 Å². The topological polar surface area (TPSA) is 78.9 Å². The zero-order valence-corrected chi connectivity index (χ0v) is 12.2. The molecule has 0 saturated heterocycles. The van der Waals surface area contributed by atoms with Crippen molar-refractivity contribution in [1.29, 1.82) is 0 Å². The first kappa shape index (κ1) is 15.4. The molecule has 0 atom stereocenters. The minimum Gasteiger partial charge on any atom is -0.464 e. The highest BCUT2D eigenvalue weighted by Gasteiger charge is 2.20. The Morgan fingerprint density at radius 3 is 2.50 bits per heavy atom. The van der Waals surface area contributed by atoms with E-state index in [0.717, 1.165) is 10.5 Å². The zero-order chi connectivity index (χ0) is 16.1. The molecule has 0 fully saturated rings. The van der Waals surface area contributed by atoms with Gasteiger partial charge in [0.1, 0.15) is 0 Å². The number of benzene rings is 2. The lowest BCUT2D eigenvalue weighted by molar-refractivity contribution is 0.186. The number of rotatable bonds is 3. The van der Waals surface area contributed by atoms with Crippen LogP contribution in [0.25, 0.3) is 0 Å². The molecular weight excluding hydrogens is 284 g/mol. The zero-order valence-electron chi connectivity index (χ0n) is 12.2. The number of hydrogen-bond acceptors (Lipinski definition) is 3. The molecule has 0 heterocycles. The molecule has 2 N–H and O–H groups in total. The molecule has 0 aliphatic carbocycles. The van der Waals surface area contributed by atoms with Crippen molar-refractivity contribution in [2.75, 3.05) is 17.3 Å². The van der Waals surface area contributed by atoms with Crippen LogP contribution in [0.5, 0.6) is 0 Å². The highest BCUT2D eigenvalue weighted by molar-refractivity contribution is 6.01. The van der Waals surface area contributed by atoms with Crippen LogP contribution in [0, 0.1) is 6.92 Å². The van der Waals surface area contributed by atoms with Gasteiger partial charge in [-0.05, 0) is 36.8 Å². The fourth-order valence-electron chi connectivity index (χ4n) is 2.05. The van der Waals surface area contributed by atoms with Gasteiger partial charge in [0.15, 0.2) is 0 Å². The molecule has 0 saturated carbocycles. The smallest absolute Gasteiger partial charge is 0.416 e. The number of aryl methyl sites for hydroxylation is 1. The van der Waals surface area contributed by atoms with E-state index in [9.17, 15) is 14.7 Å². The fraction of sp³-hybridized carbons (Fsp3) is 0.125. The van der Waals surface area contributed by atoms with Crippen molar-refractivity contribution in [2.45, 2.75) is 6.92 Å². The van der Waals surface area contributed by atoms with E-state index in [1.807, 2.05) is 13.0 Å². The average Bonchev–Trinajstić information content (AvgIpc) is 2.49. The number of carbonyl (C=O) groups excluding carboxylic acids is 1. The monoisotopic (exact) mass is 300 g/mol. The predicted molar refractivity (Wildman–Crippen MR) is 83.8 cm³/mol. The first-order valence-electron chi connectivity index (χ1n) is 6.56. The van der Waals surface area contributed by atoms with Crippen molar-refractivity contribution >= 4 is 29.2 Å². The van der Waals surface area contributed by atoms with E-state index in [0.29, 0.717) is 17.1 Å². The van der Waals surface area contributed by atoms with Crippen LogP contribution in [0.3, 0.4) is 0 Å². The summed E-state index contributed by atoms with van der Waals surface area (Å²) in [7, 11) is 1.24. The van der Waals surface area contributed by atoms with Crippen LogP contribution in [0.15, 0.2) is 48.5 Å². The van der Waals surface area contributed by atoms with Gasteiger partial charge in [0.25, 0.3) is 0 Å². The Labute approximate surface area is 127 Å². The number of para-hydroxylation sites is 2. The van der Waals surface area contributed by atoms with Gasteiger partial charge in [-0.1, -0.05) is 24.3 Å². The summed E-state index contributed by atoms with van der Waals surface area (Å²) in [5.74, 6) is 0. The third-order valence-corrected chi connectivity index (χ3v) is 3.02. The molecule has 2 aromatic rings. The van der Waals surface area contributed by atoms with Gasteiger partial charge >= 0.3 is 12.2 Å². The van der Waals surface area contributed by atoms with Crippen LogP contribution in [-0.2, 0) is 4.74 Å². The van der Waals surface area contributed by atoms with Gasteiger partial charge in [0, 0.05) is 0 Å². The lowest BCUT2D eigenvalue weighted by atomic mass is 10.2. The summed E-state index contributed by atoms with van der Waals surface area (Å²) in [6, 6.07) is 13.7. The quantitative estimate of drug-likeness (QED) is 0.898. The summed E-state index contributed by atoms with van der Waals surface area (Å²) in [6.45, 7) is 1.88. The van der Waals surface area contributed by atoms with E-state index in [-0.39, 0.29) is 0 Å². The largest absolute Gasteiger partial charge is 0.464 e. The molecule has 0 unspecified atom stereocenters. The van der Waals surface area contributed by atoms with Crippen molar-refractivity contribution in [3.8, 4) is 0 Å². The number of hydrogen-bond donors (Lipinski definition) is 2. The van der Waals surface area contributed by atoms with E-state index in [1.165, 1.54) is 7.11 Å². The SMILES string of the molecule is COC(=O)Nc1ccccc1N(C(=O)O)c1cccc(C)c1. The highest BCUT2D eigenvalue weighted by Crippen LogP contribution is 2.32. The van der Waals surface area contributed by atoms with Crippen LogP contribution >= 0.6 is 0 Å². The molecule has 0 bridgehead atoms. The molecule has 0 spiro atoms. The first-order chi connectivity index (χ1) is 10.5. The van der Waals surface area contributed by atoms with Gasteiger partial charge in [0.2, 0.25) is 0 Å². The number of methoxy groups -OCH3 is 1. The molecule has 0 aliphatic heterocycles. The number of amides is 2. The van der Waals surface area contributed by atoms with Gasteiger partial charge in [-0.25, -0.2) is 14.5 Å². The van der Waals surface area contributed by atoms with E-state index in [1.54, 1.807) is 42.5 Å². The molecule has 0 radical (unpaired) electrons. The molecule has 2 amide bonds. The van der Waals surface area contributed by atoms with Crippen LogP contribution < -0.4 is 10.2 Å². The van der Waals surface area contributed by atoms with Crippen LogP contribution in [0.2, 0.25) is 0 Å². The third-order valence-electron chi connectivity index (χ3n) is 3.02. The van der Waals surface area contributed by atoms with Gasteiger partial charge < -0.3 is 9.84 Å². The minimum atomic E-state index is -1.15. The Morgan fingerprint density at radius 1 is 1.14 bits per heavy atom. The van der Waals surface area contributed by atoms with E-state index < -0.39 is 12.2 Å². The highest BCUT2D eigenvalue weighted by atomic mass is 16.5. The maximum absolute atomic E-state index is 11.7. The Hall–Kier alpha value is -3.02. The Kier molecular flexibility index (Phi) is 4.63. The summed E-state index contributed by atoms with van der Waals surface area (Å²) >= 11 is 0. The second-order valence-corrected chi connectivity index (χ2v) is 4.59. The maximum Gasteiger partial charge on any atom is 0.416 e. The lowest BCUT2D eigenvalue weighted by Gasteiger charge is -2.22. The van der Waals surface area contributed by atoms with Crippen molar-refractivity contribution in [3.63, 3.8) is 0 Å². The number of carboxylic acid groups (broad SMARTS) is 1. The molecule has 6 heteroatoms. The van der Waals surface area contributed by atoms with E-state index >= 15 is 0 Å². The lowest BCUT2D eigenvalue weighted by Crippen LogP contribution is -2.25. The molecule has 6 nitrogen and oxygen atoms in total. The second-order valence-electron chi connectivity index (χ2n) is 4.59. The Bertz CT molecular complexity index is 700. The van der Waals surface area contributed by atoms with E-state index in [4.69, 9.17) is 0 Å². The average molecular weight is 300 g/mol. The molecular formula is C16H16N2O4. The van der Waals surface area contributed by atoms with Gasteiger partial charge in [-0.3, -0.25) is 5.32 Å².